The van der Waals surface area contributed by atoms with Crippen LogP contribution in [-0.4, -0.2) is 6.98 Å². The number of hydrogen-bond acceptors (Lipinski definition) is 2. The molecule has 1 aliphatic heterocycles. The Hall–Kier alpha value is -1.64. The second-order valence-corrected chi connectivity index (χ2v) is 5.17. The van der Waals surface area contributed by atoms with Crippen LogP contribution in [0.25, 0.3) is 10.8 Å². The lowest BCUT2D eigenvalue weighted by molar-refractivity contribution is 0.494. The van der Waals surface area contributed by atoms with Crippen LogP contribution in [0.4, 0.5) is 11.4 Å². The first-order valence-corrected chi connectivity index (χ1v) is 6.47. The molecule has 2 nitrogen and oxygen atoms in total. The standard InChI is InChI=1S/C14H15BN2/c1-4-10-5-2-9-13-14(10)12(8-1)16-15(17-13)11-6-3-7-11/h1-2,4-5,8-9,11,16-17H,3,6-7H2. The number of anilines is 2. The lowest BCUT2D eigenvalue weighted by Crippen LogP contribution is -2.43. The van der Waals surface area contributed by atoms with Crippen molar-refractivity contribution in [3.05, 3.63) is 36.4 Å². The van der Waals surface area contributed by atoms with Gasteiger partial charge in [0.05, 0.1) is 0 Å². The van der Waals surface area contributed by atoms with E-state index in [2.05, 4.69) is 46.9 Å². The van der Waals surface area contributed by atoms with Crippen LogP contribution in [-0.2, 0) is 0 Å². The van der Waals surface area contributed by atoms with Gasteiger partial charge in [-0.05, 0) is 23.3 Å². The minimum atomic E-state index is 0.421. The van der Waals surface area contributed by atoms with E-state index >= 15 is 0 Å². The van der Waals surface area contributed by atoms with Crippen molar-refractivity contribution in [3.8, 4) is 0 Å². The molecule has 0 spiro atoms. The van der Waals surface area contributed by atoms with Gasteiger partial charge in [-0.2, -0.15) is 0 Å². The maximum Gasteiger partial charge on any atom is 0.373 e. The predicted molar refractivity (Wildman–Crippen MR) is 74.5 cm³/mol. The van der Waals surface area contributed by atoms with Gasteiger partial charge in [-0.15, -0.1) is 0 Å². The Morgan fingerprint density at radius 1 is 0.941 bits per heavy atom. The van der Waals surface area contributed by atoms with Crippen LogP contribution in [0.5, 0.6) is 0 Å². The molecule has 0 amide bonds. The summed E-state index contributed by atoms with van der Waals surface area (Å²) in [5, 5.41) is 9.95. The molecule has 0 radical (unpaired) electrons. The van der Waals surface area contributed by atoms with Crippen LogP contribution < -0.4 is 10.5 Å². The van der Waals surface area contributed by atoms with Gasteiger partial charge in [-0.25, -0.2) is 0 Å². The number of rotatable bonds is 1. The third-order valence-electron chi connectivity index (χ3n) is 4.15. The summed E-state index contributed by atoms with van der Waals surface area (Å²) in [7, 11) is 0. The molecule has 2 N–H and O–H groups in total. The molecule has 0 bridgehead atoms. The highest BCUT2D eigenvalue weighted by Gasteiger charge is 2.35. The number of hydrogen-bond donors (Lipinski definition) is 2. The average molecular weight is 222 g/mol. The lowest BCUT2D eigenvalue weighted by Gasteiger charge is -2.35. The first-order valence-electron chi connectivity index (χ1n) is 6.47. The predicted octanol–water partition coefficient (Wildman–Crippen LogP) is 3.72. The van der Waals surface area contributed by atoms with Crippen molar-refractivity contribution in [2.75, 3.05) is 10.5 Å². The molecule has 1 saturated carbocycles. The molecule has 2 aliphatic rings. The van der Waals surface area contributed by atoms with E-state index in [9.17, 15) is 0 Å². The highest BCUT2D eigenvalue weighted by atomic mass is 15.0. The van der Waals surface area contributed by atoms with Crippen molar-refractivity contribution in [1.29, 1.82) is 0 Å². The molecule has 1 heterocycles. The summed E-state index contributed by atoms with van der Waals surface area (Å²) in [5.41, 5.74) is 2.57. The third-order valence-corrected chi connectivity index (χ3v) is 4.15. The summed E-state index contributed by atoms with van der Waals surface area (Å²) < 4.78 is 0. The molecule has 1 fully saturated rings. The van der Waals surface area contributed by atoms with Crippen LogP contribution in [0.3, 0.4) is 0 Å². The van der Waals surface area contributed by atoms with Crippen molar-refractivity contribution in [3.63, 3.8) is 0 Å². The zero-order chi connectivity index (χ0) is 11.2. The first kappa shape index (κ1) is 9.40. The van der Waals surface area contributed by atoms with Crippen LogP contribution in [0, 0.1) is 0 Å². The topological polar surface area (TPSA) is 24.1 Å². The fourth-order valence-corrected chi connectivity index (χ4v) is 2.96. The summed E-state index contributed by atoms with van der Waals surface area (Å²) in [6, 6.07) is 13.0. The summed E-state index contributed by atoms with van der Waals surface area (Å²) >= 11 is 0. The van der Waals surface area contributed by atoms with Gasteiger partial charge in [-0.3, -0.25) is 0 Å². The third kappa shape index (κ3) is 1.35. The molecule has 4 rings (SSSR count). The average Bonchev–Trinajstić information content (AvgIpc) is 2.27. The molecule has 2 aromatic carbocycles. The maximum absolute atomic E-state index is 3.65. The molecule has 0 unspecified atom stereocenters. The van der Waals surface area contributed by atoms with Crippen LogP contribution >= 0.6 is 0 Å². The minimum Gasteiger partial charge on any atom is -0.409 e. The van der Waals surface area contributed by atoms with E-state index in [1.165, 1.54) is 41.4 Å². The van der Waals surface area contributed by atoms with E-state index in [1.807, 2.05) is 0 Å². The van der Waals surface area contributed by atoms with Crippen molar-refractivity contribution < 1.29 is 0 Å². The van der Waals surface area contributed by atoms with Gasteiger partial charge in [0.2, 0.25) is 0 Å². The Balaban J connectivity index is 1.83. The quantitative estimate of drug-likeness (QED) is 0.718. The molecular weight excluding hydrogens is 207 g/mol. The molecule has 2 aromatic rings. The van der Waals surface area contributed by atoms with Gasteiger partial charge in [-0.1, -0.05) is 43.5 Å². The van der Waals surface area contributed by atoms with Crippen molar-refractivity contribution in [2.24, 2.45) is 0 Å². The highest BCUT2D eigenvalue weighted by molar-refractivity contribution is 6.69. The maximum atomic E-state index is 3.65. The fraction of sp³-hybridized carbons (Fsp3) is 0.286. The van der Waals surface area contributed by atoms with E-state index in [1.54, 1.807) is 0 Å². The number of benzene rings is 2. The lowest BCUT2D eigenvalue weighted by atomic mass is 9.52. The Labute approximate surface area is 102 Å². The van der Waals surface area contributed by atoms with Gasteiger partial charge < -0.3 is 10.5 Å². The molecule has 3 heteroatoms. The molecule has 0 aromatic heterocycles. The summed E-state index contributed by atoms with van der Waals surface area (Å²) in [5.74, 6) is 0.790. The van der Waals surface area contributed by atoms with Gasteiger partial charge >= 0.3 is 6.98 Å². The second-order valence-electron chi connectivity index (χ2n) is 5.17. The molecule has 0 saturated heterocycles. The summed E-state index contributed by atoms with van der Waals surface area (Å²) in [6.07, 6.45) is 4.09. The van der Waals surface area contributed by atoms with E-state index in [0.29, 0.717) is 6.98 Å². The largest absolute Gasteiger partial charge is 0.409 e. The monoisotopic (exact) mass is 222 g/mol. The summed E-state index contributed by atoms with van der Waals surface area (Å²) in [6.45, 7) is 0.421. The smallest absolute Gasteiger partial charge is 0.373 e. The number of nitrogens with one attached hydrogen (secondary N) is 2. The minimum absolute atomic E-state index is 0.421. The first-order chi connectivity index (χ1) is 8.42. The molecular formula is C14H15BN2. The van der Waals surface area contributed by atoms with E-state index in [-0.39, 0.29) is 0 Å². The molecule has 84 valence electrons. The van der Waals surface area contributed by atoms with Gasteiger partial charge in [0.1, 0.15) is 0 Å². The second kappa shape index (κ2) is 3.43. The van der Waals surface area contributed by atoms with Gasteiger partial charge in [0, 0.05) is 16.8 Å². The van der Waals surface area contributed by atoms with Crippen LogP contribution in [0.2, 0.25) is 5.82 Å². The zero-order valence-corrected chi connectivity index (χ0v) is 9.74. The Kier molecular flexibility index (Phi) is 1.89. The highest BCUT2D eigenvalue weighted by Crippen LogP contribution is 2.41. The van der Waals surface area contributed by atoms with Crippen molar-refractivity contribution >= 4 is 29.1 Å². The van der Waals surface area contributed by atoms with Crippen molar-refractivity contribution in [2.45, 2.75) is 25.1 Å². The summed E-state index contributed by atoms with van der Waals surface area (Å²) in [4.78, 5) is 0. The molecule has 0 atom stereocenters. The Morgan fingerprint density at radius 2 is 1.59 bits per heavy atom. The van der Waals surface area contributed by atoms with E-state index < -0.39 is 0 Å². The van der Waals surface area contributed by atoms with Crippen LogP contribution in [0.15, 0.2) is 36.4 Å². The Morgan fingerprint density at radius 3 is 2.12 bits per heavy atom. The fourth-order valence-electron chi connectivity index (χ4n) is 2.96. The van der Waals surface area contributed by atoms with Crippen molar-refractivity contribution in [1.82, 2.24) is 0 Å². The van der Waals surface area contributed by atoms with Crippen LogP contribution in [0.1, 0.15) is 19.3 Å². The van der Waals surface area contributed by atoms with E-state index in [0.717, 1.165) is 5.82 Å². The van der Waals surface area contributed by atoms with Gasteiger partial charge in [0.25, 0.3) is 0 Å². The zero-order valence-electron chi connectivity index (χ0n) is 9.74. The van der Waals surface area contributed by atoms with Gasteiger partial charge in [0.15, 0.2) is 0 Å². The van der Waals surface area contributed by atoms with E-state index in [4.69, 9.17) is 0 Å². The normalized spacial score (nSPS) is 18.5. The SMILES string of the molecule is c1cc2c3c(cccc3c1)NB(C1CCC1)N2. The molecule has 1 aliphatic carbocycles. The molecule has 17 heavy (non-hydrogen) atoms. The Bertz CT molecular complexity index is 537.